The molecule has 242 valence electrons. The zero-order valence-electron chi connectivity index (χ0n) is 26.9. The van der Waals surface area contributed by atoms with Crippen LogP contribution in [0.5, 0.6) is 0 Å². The molecule has 1 aliphatic rings. The van der Waals surface area contributed by atoms with Crippen LogP contribution < -0.4 is 5.32 Å². The summed E-state index contributed by atoms with van der Waals surface area (Å²) in [5, 5.41) is 16.8. The van der Waals surface area contributed by atoms with Gasteiger partial charge in [0.15, 0.2) is 5.82 Å². The van der Waals surface area contributed by atoms with E-state index in [1.54, 1.807) is 29.2 Å². The number of carbonyl (C=O) groups excluding carboxylic acids is 2. The molecular formula is C33H42ClF2N7O2. The second-order valence-corrected chi connectivity index (χ2v) is 14.0. The molecule has 3 atom stereocenters. The topological polar surface area (TPSA) is 116 Å². The van der Waals surface area contributed by atoms with Gasteiger partial charge in [0, 0.05) is 22.1 Å². The molecule has 0 fully saturated rings. The summed E-state index contributed by atoms with van der Waals surface area (Å²) >= 11 is 6.38. The minimum Gasteiger partial charge on any atom is -0.345 e. The number of alkyl halides is 2. The number of hydrogen-bond donors (Lipinski definition) is 2. The van der Waals surface area contributed by atoms with Crippen molar-refractivity contribution in [2.45, 2.75) is 98.3 Å². The third-order valence-electron chi connectivity index (χ3n) is 8.36. The summed E-state index contributed by atoms with van der Waals surface area (Å²) in [6.45, 7) is 12.7. The summed E-state index contributed by atoms with van der Waals surface area (Å²) in [4.78, 5) is 34.0. The molecule has 2 amide bonds. The first-order valence-corrected chi connectivity index (χ1v) is 15.5. The molecule has 45 heavy (non-hydrogen) atoms. The number of benzene rings is 2. The molecular weight excluding hydrogens is 600 g/mol. The number of rotatable bonds is 12. The minimum atomic E-state index is -2.87. The van der Waals surface area contributed by atoms with Crippen molar-refractivity contribution in [3.63, 3.8) is 0 Å². The van der Waals surface area contributed by atoms with Crippen LogP contribution >= 0.6 is 11.6 Å². The van der Waals surface area contributed by atoms with Gasteiger partial charge in [-0.1, -0.05) is 56.6 Å². The van der Waals surface area contributed by atoms with Gasteiger partial charge in [-0.3, -0.25) is 14.6 Å². The van der Waals surface area contributed by atoms with Crippen molar-refractivity contribution in [2.24, 2.45) is 16.3 Å². The molecule has 4 rings (SSSR count). The van der Waals surface area contributed by atoms with Gasteiger partial charge >= 0.3 is 0 Å². The van der Waals surface area contributed by atoms with Gasteiger partial charge in [0.25, 0.3) is 11.8 Å². The van der Waals surface area contributed by atoms with Gasteiger partial charge in [0.2, 0.25) is 5.92 Å². The van der Waals surface area contributed by atoms with Gasteiger partial charge < -0.3 is 10.2 Å². The summed E-state index contributed by atoms with van der Waals surface area (Å²) < 4.78 is 28.5. The Labute approximate surface area is 268 Å². The molecule has 12 heteroatoms. The summed E-state index contributed by atoms with van der Waals surface area (Å²) in [6, 6.07) is 12.1. The zero-order chi connectivity index (χ0) is 33.2. The van der Waals surface area contributed by atoms with E-state index in [0.717, 1.165) is 24.5 Å². The fourth-order valence-corrected chi connectivity index (χ4v) is 5.81. The number of hydrogen-bond acceptors (Lipinski definition) is 6. The van der Waals surface area contributed by atoms with E-state index in [4.69, 9.17) is 16.6 Å². The van der Waals surface area contributed by atoms with Crippen molar-refractivity contribution in [1.29, 1.82) is 0 Å². The van der Waals surface area contributed by atoms with Crippen LogP contribution in [0.1, 0.15) is 106 Å². The molecule has 1 aliphatic heterocycles. The number of aromatic nitrogens is 4. The fraction of sp³-hybridized carbons (Fsp3) is 0.515. The highest BCUT2D eigenvalue weighted by Crippen LogP contribution is 2.43. The molecule has 2 aromatic carbocycles. The quantitative estimate of drug-likeness (QED) is 0.219. The Kier molecular flexibility index (Phi) is 10.1. The lowest BCUT2D eigenvalue weighted by Crippen LogP contribution is -2.47. The number of aromatic amines is 1. The van der Waals surface area contributed by atoms with Gasteiger partial charge in [-0.05, 0) is 93.3 Å². The Bertz CT molecular complexity index is 1510. The lowest BCUT2D eigenvalue weighted by atomic mass is 9.85. The molecule has 2 N–H and O–H groups in total. The van der Waals surface area contributed by atoms with E-state index in [9.17, 15) is 18.4 Å². The Balaban J connectivity index is 1.72. The smallest absolute Gasteiger partial charge is 0.275 e. The second-order valence-electron chi connectivity index (χ2n) is 13.5. The molecule has 2 heterocycles. The highest BCUT2D eigenvalue weighted by molar-refractivity contribution is 6.47. The average Bonchev–Trinajstić information content (AvgIpc) is 3.56. The molecule has 0 spiro atoms. The van der Waals surface area contributed by atoms with Crippen LogP contribution in [0.2, 0.25) is 5.02 Å². The Morgan fingerprint density at radius 2 is 1.80 bits per heavy atom. The van der Waals surface area contributed by atoms with E-state index in [1.807, 2.05) is 32.0 Å². The van der Waals surface area contributed by atoms with E-state index < -0.39 is 23.5 Å². The van der Waals surface area contributed by atoms with Crippen molar-refractivity contribution in [3.8, 4) is 0 Å². The average molecular weight is 642 g/mol. The van der Waals surface area contributed by atoms with Gasteiger partial charge in [-0.25, -0.2) is 8.78 Å². The zero-order valence-corrected chi connectivity index (χ0v) is 27.7. The van der Waals surface area contributed by atoms with Crippen LogP contribution in [-0.4, -0.2) is 54.6 Å². The summed E-state index contributed by atoms with van der Waals surface area (Å²) in [5.74, 6) is -4.01. The number of carbonyl (C=O) groups is 2. The van der Waals surface area contributed by atoms with Crippen LogP contribution in [0.15, 0.2) is 47.5 Å². The number of H-pyrrole nitrogens is 1. The highest BCUT2D eigenvalue weighted by atomic mass is 35.5. The lowest BCUT2D eigenvalue weighted by molar-refractivity contribution is -0.131. The van der Waals surface area contributed by atoms with Gasteiger partial charge in [0.1, 0.15) is 11.4 Å². The highest BCUT2D eigenvalue weighted by Gasteiger charge is 2.48. The van der Waals surface area contributed by atoms with Crippen molar-refractivity contribution >= 4 is 29.1 Å². The molecule has 0 saturated heterocycles. The van der Waals surface area contributed by atoms with E-state index in [0.29, 0.717) is 28.4 Å². The number of aliphatic imine (C=N–C) groups is 1. The number of aryl methyl sites for hydroxylation is 1. The molecule has 0 bridgehead atoms. The monoisotopic (exact) mass is 641 g/mol. The normalized spacial score (nSPS) is 18.6. The first-order chi connectivity index (χ1) is 21.0. The maximum absolute atomic E-state index is 14.4. The Hall–Kier alpha value is -3.73. The third-order valence-corrected chi connectivity index (χ3v) is 8.58. The van der Waals surface area contributed by atoms with Crippen LogP contribution in [0.25, 0.3) is 0 Å². The summed E-state index contributed by atoms with van der Waals surface area (Å²) in [6.07, 6.45) is 1.79. The van der Waals surface area contributed by atoms with Crippen molar-refractivity contribution < 1.29 is 18.4 Å². The SMILES string of the molecule is Cc1cc(Cl)cc(C2=NC(C)(CCC(C)C(C)(F)F)N([C@H](CCC(C)(C)C)c3ccc(C(=O)NCc4nn[nH]n4)cc3)C2=O)c1. The van der Waals surface area contributed by atoms with Crippen LogP contribution in [-0.2, 0) is 11.3 Å². The lowest BCUT2D eigenvalue weighted by Gasteiger charge is -2.41. The van der Waals surface area contributed by atoms with Crippen LogP contribution in [0.4, 0.5) is 8.78 Å². The molecule has 1 aromatic heterocycles. The van der Waals surface area contributed by atoms with Crippen LogP contribution in [0.3, 0.4) is 0 Å². The van der Waals surface area contributed by atoms with E-state index in [2.05, 4.69) is 46.7 Å². The molecule has 0 aliphatic carbocycles. The van der Waals surface area contributed by atoms with E-state index in [1.165, 1.54) is 6.92 Å². The standard InChI is InChI=1S/C33H42ClF2N7O2/c1-20-16-24(18-25(34)17-20)28-30(45)43(32(6,38-28)15-12-21(2)33(7,35)36)26(13-14-31(3,4)5)22-8-10-23(11-9-22)29(44)37-19-27-39-41-42-40-27/h8-11,16-18,21,26H,12-15,19H2,1-7H3,(H,37,44)(H,39,40,41,42)/t21?,26-,32?/m1/s1. The van der Waals surface area contributed by atoms with Crippen molar-refractivity contribution in [3.05, 3.63) is 75.6 Å². The molecule has 0 radical (unpaired) electrons. The largest absolute Gasteiger partial charge is 0.345 e. The Morgan fingerprint density at radius 3 is 2.38 bits per heavy atom. The van der Waals surface area contributed by atoms with Gasteiger partial charge in [-0.15, -0.1) is 10.2 Å². The predicted molar refractivity (Wildman–Crippen MR) is 170 cm³/mol. The van der Waals surface area contributed by atoms with Crippen molar-refractivity contribution in [2.75, 3.05) is 0 Å². The maximum Gasteiger partial charge on any atom is 0.275 e. The van der Waals surface area contributed by atoms with Crippen molar-refractivity contribution in [1.82, 2.24) is 30.8 Å². The van der Waals surface area contributed by atoms with Gasteiger partial charge in [-0.2, -0.15) is 5.21 Å². The summed E-state index contributed by atoms with van der Waals surface area (Å²) in [7, 11) is 0. The fourth-order valence-electron chi connectivity index (χ4n) is 5.52. The number of amides is 2. The number of nitrogens with one attached hydrogen (secondary N) is 2. The summed E-state index contributed by atoms with van der Waals surface area (Å²) in [5.41, 5.74) is 1.85. The van der Waals surface area contributed by atoms with E-state index >= 15 is 0 Å². The van der Waals surface area contributed by atoms with E-state index in [-0.39, 0.29) is 42.3 Å². The van der Waals surface area contributed by atoms with Gasteiger partial charge in [0.05, 0.1) is 12.6 Å². The minimum absolute atomic E-state index is 0.0427. The maximum atomic E-state index is 14.4. The first-order valence-electron chi connectivity index (χ1n) is 15.2. The predicted octanol–water partition coefficient (Wildman–Crippen LogP) is 7.08. The van der Waals surface area contributed by atoms with Crippen LogP contribution in [0, 0.1) is 18.3 Å². The molecule has 0 saturated carbocycles. The molecule has 3 aromatic rings. The Morgan fingerprint density at radius 1 is 1.11 bits per heavy atom. The second kappa shape index (κ2) is 13.3. The number of nitrogens with zero attached hydrogens (tertiary/aromatic N) is 5. The number of tetrazole rings is 1. The molecule has 9 nitrogen and oxygen atoms in total. The number of halogens is 3. The third kappa shape index (κ3) is 8.51. The first kappa shape index (κ1) is 34.1. The molecule has 2 unspecified atom stereocenters.